The van der Waals surface area contributed by atoms with Gasteiger partial charge < -0.3 is 19.5 Å². The number of fused-ring (bicyclic) bond motifs is 1. The fraction of sp³-hybridized carbons (Fsp3) is 0.0645. The molecule has 1 N–H and O–H groups in total. The largest absolute Gasteiger partial charge is 0.487 e. The average Bonchev–Trinajstić information content (AvgIpc) is 2.95. The van der Waals surface area contributed by atoms with Crippen LogP contribution in [0.25, 0.3) is 10.9 Å². The number of halogens is 1. The third-order valence-corrected chi connectivity index (χ3v) is 6.17. The van der Waals surface area contributed by atoms with Crippen LogP contribution in [0.2, 0.25) is 5.02 Å². The fourth-order valence-electron chi connectivity index (χ4n) is 3.94. The summed E-state index contributed by atoms with van der Waals surface area (Å²) in [5, 5.41) is 3.73. The molecule has 5 rings (SSSR count). The topological polar surface area (TPSA) is 86.8 Å². The van der Waals surface area contributed by atoms with Crippen LogP contribution in [0.1, 0.15) is 11.1 Å². The minimum atomic E-state index is -0.419. The summed E-state index contributed by atoms with van der Waals surface area (Å²) in [4.78, 5) is 28.1. The summed E-state index contributed by atoms with van der Waals surface area (Å²) in [5.74, 6) is 1.52. The summed E-state index contributed by atoms with van der Waals surface area (Å²) < 4.78 is 17.5. The Balaban J connectivity index is 1.34. The minimum absolute atomic E-state index is 0.0126. The molecule has 1 amide bonds. The van der Waals surface area contributed by atoms with E-state index in [0.717, 1.165) is 5.56 Å². The third kappa shape index (κ3) is 6.52. The van der Waals surface area contributed by atoms with Crippen LogP contribution in [0, 0.1) is 0 Å². The Morgan fingerprint density at radius 3 is 2.38 bits per heavy atom. The standard InChI is InChI=1S/C31H23ClN2O5/c32-26-16-24(12-11-22(26)15-31(36)39-23-9-5-2-6-10-23)38-29-13-14-33-27-18-30(28(34-20-35)17-25(27)29)37-19-21-7-3-1-4-8-21/h1-14,16-18,20H,15,19H2,(H,34,35). The number of nitrogens with one attached hydrogen (secondary N) is 1. The molecule has 0 spiro atoms. The number of pyridine rings is 1. The molecule has 8 heteroatoms. The first kappa shape index (κ1) is 25.8. The van der Waals surface area contributed by atoms with Crippen LogP contribution < -0.4 is 19.5 Å². The molecule has 5 aromatic rings. The molecule has 0 saturated heterocycles. The smallest absolute Gasteiger partial charge is 0.315 e. The number of aromatic nitrogens is 1. The summed E-state index contributed by atoms with van der Waals surface area (Å²) in [6.07, 6.45) is 2.23. The molecule has 1 heterocycles. The minimum Gasteiger partial charge on any atom is -0.487 e. The average molecular weight is 539 g/mol. The first-order chi connectivity index (χ1) is 19.1. The van der Waals surface area contributed by atoms with Crippen LogP contribution in [-0.2, 0) is 22.6 Å². The molecule has 0 unspecified atom stereocenters. The number of carbonyl (C=O) groups is 2. The van der Waals surface area contributed by atoms with Crippen LogP contribution in [0.5, 0.6) is 23.0 Å². The van der Waals surface area contributed by atoms with E-state index in [-0.39, 0.29) is 6.42 Å². The second-order valence-corrected chi connectivity index (χ2v) is 8.94. The van der Waals surface area contributed by atoms with E-state index in [1.54, 1.807) is 66.9 Å². The highest BCUT2D eigenvalue weighted by atomic mass is 35.5. The highest BCUT2D eigenvalue weighted by Gasteiger charge is 2.14. The summed E-state index contributed by atoms with van der Waals surface area (Å²) in [7, 11) is 0. The van der Waals surface area contributed by atoms with Gasteiger partial charge in [-0.1, -0.05) is 66.2 Å². The fourth-order valence-corrected chi connectivity index (χ4v) is 4.18. The van der Waals surface area contributed by atoms with Gasteiger partial charge in [-0.3, -0.25) is 14.6 Å². The number of carbonyl (C=O) groups excluding carboxylic acids is 2. The van der Waals surface area contributed by atoms with E-state index in [1.807, 2.05) is 36.4 Å². The summed E-state index contributed by atoms with van der Waals surface area (Å²) in [5.41, 5.74) is 2.71. The van der Waals surface area contributed by atoms with Crippen molar-refractivity contribution in [3.05, 3.63) is 119 Å². The lowest BCUT2D eigenvalue weighted by molar-refractivity contribution is -0.133. The first-order valence-corrected chi connectivity index (χ1v) is 12.5. The van der Waals surface area contributed by atoms with Gasteiger partial charge in [-0.05, 0) is 47.5 Å². The van der Waals surface area contributed by atoms with Crippen molar-refractivity contribution in [1.82, 2.24) is 4.98 Å². The molecule has 0 aliphatic heterocycles. The van der Waals surface area contributed by atoms with Crippen molar-refractivity contribution in [2.24, 2.45) is 0 Å². The number of benzene rings is 4. The Labute approximate surface area is 229 Å². The Morgan fingerprint density at radius 1 is 0.872 bits per heavy atom. The maximum atomic E-state index is 12.3. The van der Waals surface area contributed by atoms with Crippen LogP contribution in [0.15, 0.2) is 103 Å². The lowest BCUT2D eigenvalue weighted by atomic mass is 10.1. The van der Waals surface area contributed by atoms with Gasteiger partial charge in [-0.15, -0.1) is 0 Å². The van der Waals surface area contributed by atoms with E-state index < -0.39 is 5.97 Å². The molecule has 0 atom stereocenters. The lowest BCUT2D eigenvalue weighted by Gasteiger charge is -2.15. The summed E-state index contributed by atoms with van der Waals surface area (Å²) in [6, 6.07) is 28.9. The zero-order valence-corrected chi connectivity index (χ0v) is 21.4. The quantitative estimate of drug-likeness (QED) is 0.117. The second-order valence-electron chi connectivity index (χ2n) is 8.53. The zero-order valence-electron chi connectivity index (χ0n) is 20.7. The molecule has 0 saturated carbocycles. The van der Waals surface area contributed by atoms with E-state index in [1.165, 1.54) is 0 Å². The van der Waals surface area contributed by atoms with Crippen molar-refractivity contribution in [2.45, 2.75) is 13.0 Å². The predicted molar refractivity (Wildman–Crippen MR) is 150 cm³/mol. The number of esters is 1. The molecule has 0 aliphatic rings. The Hall–Kier alpha value is -4.88. The van der Waals surface area contributed by atoms with Crippen molar-refractivity contribution in [1.29, 1.82) is 0 Å². The number of rotatable bonds is 10. The highest BCUT2D eigenvalue weighted by Crippen LogP contribution is 2.37. The monoisotopic (exact) mass is 538 g/mol. The molecule has 7 nitrogen and oxygen atoms in total. The van der Waals surface area contributed by atoms with Crippen LogP contribution in [0.3, 0.4) is 0 Å². The van der Waals surface area contributed by atoms with Crippen molar-refractivity contribution >= 4 is 40.6 Å². The van der Waals surface area contributed by atoms with Gasteiger partial charge in [0.25, 0.3) is 0 Å². The van der Waals surface area contributed by atoms with Crippen molar-refractivity contribution in [2.75, 3.05) is 5.32 Å². The number of ether oxygens (including phenoxy) is 3. The number of hydrogen-bond acceptors (Lipinski definition) is 6. The van der Waals surface area contributed by atoms with E-state index in [0.29, 0.717) is 63.2 Å². The summed E-state index contributed by atoms with van der Waals surface area (Å²) in [6.45, 7) is 0.333. The van der Waals surface area contributed by atoms with E-state index >= 15 is 0 Å². The van der Waals surface area contributed by atoms with Gasteiger partial charge in [0.15, 0.2) is 0 Å². The van der Waals surface area contributed by atoms with Crippen molar-refractivity contribution in [3.63, 3.8) is 0 Å². The number of para-hydroxylation sites is 1. The van der Waals surface area contributed by atoms with Gasteiger partial charge >= 0.3 is 5.97 Å². The normalized spacial score (nSPS) is 10.6. The second kappa shape index (κ2) is 12.1. The van der Waals surface area contributed by atoms with Gasteiger partial charge in [0, 0.05) is 22.7 Å². The number of anilines is 1. The van der Waals surface area contributed by atoms with E-state index in [2.05, 4.69) is 10.3 Å². The Kier molecular flexibility index (Phi) is 8.00. The lowest BCUT2D eigenvalue weighted by Crippen LogP contribution is -2.11. The highest BCUT2D eigenvalue weighted by molar-refractivity contribution is 6.31. The number of nitrogens with zero attached hydrogens (tertiary/aromatic N) is 1. The van der Waals surface area contributed by atoms with Crippen LogP contribution >= 0.6 is 11.6 Å². The zero-order chi connectivity index (χ0) is 27.0. The Morgan fingerprint density at radius 2 is 1.64 bits per heavy atom. The van der Waals surface area contributed by atoms with Crippen LogP contribution in [-0.4, -0.2) is 17.4 Å². The van der Waals surface area contributed by atoms with Crippen LogP contribution in [0.4, 0.5) is 5.69 Å². The predicted octanol–water partition coefficient (Wildman–Crippen LogP) is 6.98. The van der Waals surface area contributed by atoms with Gasteiger partial charge in [-0.25, -0.2) is 0 Å². The van der Waals surface area contributed by atoms with Gasteiger partial charge in [0.2, 0.25) is 6.41 Å². The molecule has 4 aromatic carbocycles. The van der Waals surface area contributed by atoms with Gasteiger partial charge in [0.1, 0.15) is 29.6 Å². The molecule has 0 radical (unpaired) electrons. The number of amides is 1. The number of hydrogen-bond donors (Lipinski definition) is 1. The Bertz CT molecular complexity index is 1610. The van der Waals surface area contributed by atoms with E-state index in [9.17, 15) is 9.59 Å². The molecule has 0 fully saturated rings. The maximum Gasteiger partial charge on any atom is 0.315 e. The van der Waals surface area contributed by atoms with Crippen molar-refractivity contribution in [3.8, 4) is 23.0 Å². The summed E-state index contributed by atoms with van der Waals surface area (Å²) >= 11 is 6.47. The first-order valence-electron chi connectivity index (χ1n) is 12.1. The SMILES string of the molecule is O=CNc1cc2c(Oc3ccc(CC(=O)Oc4ccccc4)c(Cl)c3)ccnc2cc1OCc1ccccc1. The van der Waals surface area contributed by atoms with Crippen molar-refractivity contribution < 1.29 is 23.8 Å². The molecular weight excluding hydrogens is 516 g/mol. The maximum absolute atomic E-state index is 12.3. The molecular formula is C31H23ClN2O5. The molecule has 1 aromatic heterocycles. The van der Waals surface area contributed by atoms with Gasteiger partial charge in [-0.2, -0.15) is 0 Å². The van der Waals surface area contributed by atoms with Gasteiger partial charge in [0.05, 0.1) is 17.6 Å². The molecule has 39 heavy (non-hydrogen) atoms. The van der Waals surface area contributed by atoms with E-state index in [4.69, 9.17) is 25.8 Å². The molecule has 0 bridgehead atoms. The third-order valence-electron chi connectivity index (χ3n) is 5.82. The molecule has 194 valence electrons. The molecule has 0 aliphatic carbocycles.